The minimum absolute atomic E-state index is 0.194. The number of nitrogens with zero attached hydrogens (tertiary/aromatic N) is 2. The van der Waals surface area contributed by atoms with Gasteiger partial charge >= 0.3 is 12.0 Å². The van der Waals surface area contributed by atoms with E-state index >= 15 is 0 Å². The quantitative estimate of drug-likeness (QED) is 0.735. The van der Waals surface area contributed by atoms with E-state index in [2.05, 4.69) is 15.3 Å². The Morgan fingerprint density at radius 1 is 1.57 bits per heavy atom. The number of hydrogen-bond acceptors (Lipinski definition) is 3. The van der Waals surface area contributed by atoms with Gasteiger partial charge in [0.05, 0.1) is 5.41 Å². The largest absolute Gasteiger partial charge is 0.481 e. The van der Waals surface area contributed by atoms with Gasteiger partial charge in [0, 0.05) is 38.4 Å². The van der Waals surface area contributed by atoms with Gasteiger partial charge in [-0.3, -0.25) is 4.79 Å². The van der Waals surface area contributed by atoms with E-state index < -0.39 is 11.4 Å². The van der Waals surface area contributed by atoms with E-state index in [4.69, 9.17) is 0 Å². The van der Waals surface area contributed by atoms with Gasteiger partial charge in [0.1, 0.15) is 5.82 Å². The predicted octanol–water partition coefficient (Wildman–Crippen LogP) is 1.24. The Balaban J connectivity index is 1.82. The number of carboxylic acid groups (broad SMARTS) is 1. The van der Waals surface area contributed by atoms with Crippen LogP contribution in [0, 0.1) is 5.41 Å². The van der Waals surface area contributed by atoms with Crippen LogP contribution in [0.1, 0.15) is 32.0 Å². The zero-order chi connectivity index (χ0) is 15.3. The number of rotatable bonds is 6. The summed E-state index contributed by atoms with van der Waals surface area (Å²) >= 11 is 0. The van der Waals surface area contributed by atoms with E-state index in [0.717, 1.165) is 12.2 Å². The number of carbonyl (C=O) groups excluding carboxylic acids is 1. The molecule has 3 N–H and O–H groups in total. The topological polar surface area (TPSA) is 98.3 Å². The maximum atomic E-state index is 12.1. The highest BCUT2D eigenvalue weighted by molar-refractivity contribution is 5.79. The van der Waals surface area contributed by atoms with E-state index in [9.17, 15) is 14.7 Å². The first-order valence-corrected chi connectivity index (χ1v) is 7.32. The standard InChI is InChI=1S/C14H22N4O3/c1-2-4-14(12(19)20)5-9-18(10-14)13(21)17-6-3-11-15-7-8-16-11/h7-8H,2-6,9-10H2,1H3,(H,15,16)(H,17,21)(H,19,20). The predicted molar refractivity (Wildman–Crippen MR) is 76.9 cm³/mol. The van der Waals surface area contributed by atoms with Crippen LogP contribution in [0.2, 0.25) is 0 Å². The van der Waals surface area contributed by atoms with Crippen molar-refractivity contribution in [3.63, 3.8) is 0 Å². The van der Waals surface area contributed by atoms with Crippen molar-refractivity contribution in [1.82, 2.24) is 20.2 Å². The van der Waals surface area contributed by atoms with E-state index in [0.29, 0.717) is 38.9 Å². The van der Waals surface area contributed by atoms with Crippen LogP contribution in [0.15, 0.2) is 12.4 Å². The van der Waals surface area contributed by atoms with Crippen molar-refractivity contribution < 1.29 is 14.7 Å². The lowest BCUT2D eigenvalue weighted by atomic mass is 9.83. The highest BCUT2D eigenvalue weighted by atomic mass is 16.4. The molecule has 1 aliphatic rings. The summed E-state index contributed by atoms with van der Waals surface area (Å²) in [5.74, 6) is 0.0258. The molecule has 1 aromatic rings. The van der Waals surface area contributed by atoms with E-state index in [1.54, 1.807) is 17.3 Å². The van der Waals surface area contributed by atoms with Gasteiger partial charge < -0.3 is 20.3 Å². The summed E-state index contributed by atoms with van der Waals surface area (Å²) in [6, 6.07) is -0.194. The Labute approximate surface area is 123 Å². The Kier molecular flexibility index (Phi) is 4.82. The number of urea groups is 1. The molecule has 116 valence electrons. The summed E-state index contributed by atoms with van der Waals surface area (Å²) in [4.78, 5) is 32.2. The van der Waals surface area contributed by atoms with Crippen molar-refractivity contribution in [2.75, 3.05) is 19.6 Å². The molecule has 21 heavy (non-hydrogen) atoms. The fraction of sp³-hybridized carbons (Fsp3) is 0.643. The molecule has 1 atom stereocenters. The molecule has 0 radical (unpaired) electrons. The Morgan fingerprint density at radius 3 is 3.00 bits per heavy atom. The van der Waals surface area contributed by atoms with Crippen LogP contribution in [-0.4, -0.2) is 51.6 Å². The molecule has 2 heterocycles. The second kappa shape index (κ2) is 6.60. The van der Waals surface area contributed by atoms with Crippen molar-refractivity contribution in [3.05, 3.63) is 18.2 Å². The minimum Gasteiger partial charge on any atom is -0.481 e. The highest BCUT2D eigenvalue weighted by Crippen LogP contribution is 2.35. The van der Waals surface area contributed by atoms with Crippen LogP contribution in [0.25, 0.3) is 0 Å². The van der Waals surface area contributed by atoms with Gasteiger partial charge in [-0.2, -0.15) is 0 Å². The third-order valence-electron chi connectivity index (χ3n) is 4.02. The molecule has 1 saturated heterocycles. The maximum Gasteiger partial charge on any atom is 0.317 e. The number of aliphatic carboxylic acids is 1. The van der Waals surface area contributed by atoms with Crippen LogP contribution in [0.3, 0.4) is 0 Å². The molecular formula is C14H22N4O3. The number of amides is 2. The van der Waals surface area contributed by atoms with E-state index in [1.807, 2.05) is 6.92 Å². The fourth-order valence-corrected chi connectivity index (χ4v) is 2.84. The highest BCUT2D eigenvalue weighted by Gasteiger charge is 2.45. The van der Waals surface area contributed by atoms with Gasteiger partial charge in [-0.15, -0.1) is 0 Å². The number of carbonyl (C=O) groups is 2. The molecule has 1 aliphatic heterocycles. The zero-order valence-electron chi connectivity index (χ0n) is 12.3. The van der Waals surface area contributed by atoms with Crippen LogP contribution in [0.4, 0.5) is 4.79 Å². The molecule has 0 saturated carbocycles. The van der Waals surface area contributed by atoms with Crippen molar-refractivity contribution in [1.29, 1.82) is 0 Å². The lowest BCUT2D eigenvalue weighted by molar-refractivity contribution is -0.148. The molecule has 0 aromatic carbocycles. The van der Waals surface area contributed by atoms with Crippen LogP contribution in [0.5, 0.6) is 0 Å². The lowest BCUT2D eigenvalue weighted by Crippen LogP contribution is -2.42. The van der Waals surface area contributed by atoms with E-state index in [-0.39, 0.29) is 6.03 Å². The number of nitrogens with one attached hydrogen (secondary N) is 2. The van der Waals surface area contributed by atoms with E-state index in [1.165, 1.54) is 0 Å². The van der Waals surface area contributed by atoms with Gasteiger partial charge in [0.15, 0.2) is 0 Å². The molecule has 0 bridgehead atoms. The third-order valence-corrected chi connectivity index (χ3v) is 4.02. The number of imidazole rings is 1. The molecule has 1 unspecified atom stereocenters. The van der Waals surface area contributed by atoms with Crippen molar-refractivity contribution in [3.8, 4) is 0 Å². The first-order valence-electron chi connectivity index (χ1n) is 7.32. The van der Waals surface area contributed by atoms with Crippen LogP contribution in [-0.2, 0) is 11.2 Å². The molecule has 0 aliphatic carbocycles. The number of aromatic nitrogens is 2. The smallest absolute Gasteiger partial charge is 0.317 e. The summed E-state index contributed by atoms with van der Waals surface area (Å²) in [5.41, 5.74) is -0.771. The van der Waals surface area contributed by atoms with Gasteiger partial charge in [0.25, 0.3) is 0 Å². The lowest BCUT2D eigenvalue weighted by Gasteiger charge is -2.24. The van der Waals surface area contributed by atoms with Gasteiger partial charge in [-0.05, 0) is 12.8 Å². The number of carboxylic acids is 1. The molecule has 7 heteroatoms. The maximum absolute atomic E-state index is 12.1. The van der Waals surface area contributed by atoms with Gasteiger partial charge in [-0.1, -0.05) is 13.3 Å². The summed E-state index contributed by atoms with van der Waals surface area (Å²) in [7, 11) is 0. The second-order valence-electron chi connectivity index (χ2n) is 5.52. The Bertz CT molecular complexity index is 488. The second-order valence-corrected chi connectivity index (χ2v) is 5.52. The molecule has 7 nitrogen and oxygen atoms in total. The summed E-state index contributed by atoms with van der Waals surface area (Å²) < 4.78 is 0. The number of likely N-dealkylation sites (tertiary alicyclic amines) is 1. The first-order chi connectivity index (χ1) is 10.1. The zero-order valence-corrected chi connectivity index (χ0v) is 12.3. The number of H-pyrrole nitrogens is 1. The molecule has 1 aromatic heterocycles. The summed E-state index contributed by atoms with van der Waals surface area (Å²) in [5, 5.41) is 12.2. The third kappa shape index (κ3) is 3.53. The summed E-state index contributed by atoms with van der Waals surface area (Å²) in [6.45, 7) is 3.25. The average molecular weight is 294 g/mol. The number of hydrogen-bond donors (Lipinski definition) is 3. The SMILES string of the molecule is CCCC1(C(=O)O)CCN(C(=O)NCCc2ncc[nH]2)C1. The summed E-state index contributed by atoms with van der Waals surface area (Å²) in [6.07, 6.45) is 5.99. The van der Waals surface area contributed by atoms with Crippen LogP contribution >= 0.6 is 0 Å². The van der Waals surface area contributed by atoms with Crippen molar-refractivity contribution >= 4 is 12.0 Å². The molecule has 1 fully saturated rings. The van der Waals surface area contributed by atoms with Crippen LogP contribution < -0.4 is 5.32 Å². The van der Waals surface area contributed by atoms with Crippen molar-refractivity contribution in [2.45, 2.75) is 32.6 Å². The molecule has 0 spiro atoms. The molecule has 2 rings (SSSR count). The van der Waals surface area contributed by atoms with Crippen molar-refractivity contribution in [2.24, 2.45) is 5.41 Å². The van der Waals surface area contributed by atoms with Gasteiger partial charge in [0.2, 0.25) is 0 Å². The van der Waals surface area contributed by atoms with Gasteiger partial charge in [-0.25, -0.2) is 9.78 Å². The normalized spacial score (nSPS) is 21.5. The minimum atomic E-state index is -0.796. The molecule has 2 amide bonds. The fourth-order valence-electron chi connectivity index (χ4n) is 2.84. The Hall–Kier alpha value is -2.05. The monoisotopic (exact) mass is 294 g/mol. The Morgan fingerprint density at radius 2 is 2.38 bits per heavy atom. The number of aromatic amines is 1. The first kappa shape index (κ1) is 15.3. The average Bonchev–Trinajstić information content (AvgIpc) is 3.09. The molecular weight excluding hydrogens is 272 g/mol.